The normalized spacial score (nSPS) is 12.1. The maximum atomic E-state index is 13.3. The summed E-state index contributed by atoms with van der Waals surface area (Å²) in [4.78, 5) is 0.280. The molecule has 0 N–H and O–H groups in total. The number of hydrogen-bond acceptors (Lipinski definition) is 2. The Balaban J connectivity index is 2.37. The fourth-order valence-corrected chi connectivity index (χ4v) is 4.38. The lowest BCUT2D eigenvalue weighted by Crippen LogP contribution is -2.14. The molecule has 3 nitrogen and oxygen atoms in total. The van der Waals surface area contributed by atoms with Crippen molar-refractivity contribution in [3.05, 3.63) is 84.1 Å². The smallest absolute Gasteiger partial charge is 0.234 e. The largest absolute Gasteiger partial charge is 0.268 e. The van der Waals surface area contributed by atoms with Crippen LogP contribution in [0.3, 0.4) is 0 Å². The van der Waals surface area contributed by atoms with Crippen molar-refractivity contribution < 1.29 is 8.42 Å². The summed E-state index contributed by atoms with van der Waals surface area (Å²) in [6.07, 6.45) is 5.18. The van der Waals surface area contributed by atoms with Crippen LogP contribution in [0.2, 0.25) is 0 Å². The van der Waals surface area contributed by atoms with Gasteiger partial charge in [0.1, 0.15) is 0 Å². The Bertz CT molecular complexity index is 1040. The quantitative estimate of drug-likeness (QED) is 0.648. The first-order chi connectivity index (χ1) is 11.5. The molecule has 3 aromatic rings. The summed E-state index contributed by atoms with van der Waals surface area (Å²) in [6, 6.07) is 14.5. The van der Waals surface area contributed by atoms with E-state index in [1.54, 1.807) is 30.4 Å². The molecule has 0 radical (unpaired) electrons. The molecule has 0 fully saturated rings. The van der Waals surface area contributed by atoms with E-state index >= 15 is 0 Å². The van der Waals surface area contributed by atoms with Crippen molar-refractivity contribution in [2.24, 2.45) is 0 Å². The molecule has 0 atom stereocenters. The Labute approximate surface area is 142 Å². The van der Waals surface area contributed by atoms with Gasteiger partial charge in [-0.2, -0.15) is 0 Å². The van der Waals surface area contributed by atoms with Crippen LogP contribution in [0.15, 0.2) is 72.2 Å². The van der Waals surface area contributed by atoms with Crippen LogP contribution in [0, 0.1) is 13.8 Å². The Morgan fingerprint density at radius 2 is 1.67 bits per heavy atom. The molecule has 1 heterocycles. The van der Waals surface area contributed by atoms with E-state index in [1.807, 2.05) is 50.2 Å². The molecule has 0 spiro atoms. The molecule has 24 heavy (non-hydrogen) atoms. The predicted molar refractivity (Wildman–Crippen MR) is 99.7 cm³/mol. The first-order valence-corrected chi connectivity index (χ1v) is 9.12. The minimum Gasteiger partial charge on any atom is -0.234 e. The van der Waals surface area contributed by atoms with Crippen LogP contribution in [0.4, 0.5) is 0 Å². The zero-order chi connectivity index (χ0) is 17.3. The SMILES string of the molecule is C=C/C=C/c1c(C)c2ccccc2n1S(=O)(=O)c1ccc(C)cc1. The fourth-order valence-electron chi connectivity index (χ4n) is 2.81. The highest BCUT2D eigenvalue weighted by Crippen LogP contribution is 2.30. The summed E-state index contributed by atoms with van der Waals surface area (Å²) in [5.41, 5.74) is 3.28. The van der Waals surface area contributed by atoms with Crippen LogP contribution in [0.5, 0.6) is 0 Å². The second-order valence-corrected chi connectivity index (χ2v) is 7.49. The first kappa shape index (κ1) is 16.3. The van der Waals surface area contributed by atoms with Gasteiger partial charge in [0.25, 0.3) is 10.0 Å². The molecule has 4 heteroatoms. The van der Waals surface area contributed by atoms with Gasteiger partial charge in [-0.1, -0.05) is 54.6 Å². The molecule has 0 bridgehead atoms. The van der Waals surface area contributed by atoms with Gasteiger partial charge in [0.05, 0.1) is 16.1 Å². The van der Waals surface area contributed by atoms with Crippen LogP contribution in [-0.4, -0.2) is 12.4 Å². The molecule has 0 saturated heterocycles. The summed E-state index contributed by atoms with van der Waals surface area (Å²) >= 11 is 0. The summed E-state index contributed by atoms with van der Waals surface area (Å²) in [7, 11) is -3.69. The van der Waals surface area contributed by atoms with E-state index < -0.39 is 10.0 Å². The number of nitrogens with zero attached hydrogens (tertiary/aromatic N) is 1. The lowest BCUT2D eigenvalue weighted by Gasteiger charge is -2.11. The molecule has 0 saturated carbocycles. The second kappa shape index (κ2) is 6.13. The average molecular weight is 337 g/mol. The van der Waals surface area contributed by atoms with Gasteiger partial charge in [-0.3, -0.25) is 0 Å². The number of hydrogen-bond donors (Lipinski definition) is 0. The molecule has 0 aliphatic rings. The zero-order valence-electron chi connectivity index (χ0n) is 13.7. The van der Waals surface area contributed by atoms with Crippen LogP contribution in [0.25, 0.3) is 17.0 Å². The summed E-state index contributed by atoms with van der Waals surface area (Å²) < 4.78 is 27.9. The first-order valence-electron chi connectivity index (χ1n) is 7.68. The van der Waals surface area contributed by atoms with Crippen molar-refractivity contribution in [2.75, 3.05) is 0 Å². The summed E-state index contributed by atoms with van der Waals surface area (Å²) in [5.74, 6) is 0. The maximum absolute atomic E-state index is 13.3. The molecular formula is C20H19NO2S. The Kier molecular flexibility index (Phi) is 4.16. The number of rotatable bonds is 4. The van der Waals surface area contributed by atoms with E-state index in [0.29, 0.717) is 11.2 Å². The predicted octanol–water partition coefficient (Wildman–Crippen LogP) is 4.69. The van der Waals surface area contributed by atoms with Crippen LogP contribution < -0.4 is 0 Å². The number of para-hydroxylation sites is 1. The van der Waals surface area contributed by atoms with E-state index in [4.69, 9.17) is 0 Å². The number of aryl methyl sites for hydroxylation is 2. The summed E-state index contributed by atoms with van der Waals surface area (Å²) in [6.45, 7) is 7.54. The zero-order valence-corrected chi connectivity index (χ0v) is 14.5. The van der Waals surface area contributed by atoms with Crippen molar-refractivity contribution in [2.45, 2.75) is 18.7 Å². The molecule has 0 aliphatic heterocycles. The number of allylic oxidation sites excluding steroid dienone is 2. The van der Waals surface area contributed by atoms with Crippen molar-refractivity contribution in [1.82, 2.24) is 3.97 Å². The Morgan fingerprint density at radius 1 is 1.00 bits per heavy atom. The van der Waals surface area contributed by atoms with Gasteiger partial charge in [0.15, 0.2) is 0 Å². The molecular weight excluding hydrogens is 318 g/mol. The summed E-state index contributed by atoms with van der Waals surface area (Å²) in [5, 5.41) is 0.928. The van der Waals surface area contributed by atoms with E-state index in [9.17, 15) is 8.42 Å². The highest BCUT2D eigenvalue weighted by molar-refractivity contribution is 7.90. The van der Waals surface area contributed by atoms with Crippen LogP contribution in [0.1, 0.15) is 16.8 Å². The van der Waals surface area contributed by atoms with Gasteiger partial charge >= 0.3 is 0 Å². The van der Waals surface area contributed by atoms with Crippen molar-refractivity contribution in [3.63, 3.8) is 0 Å². The van der Waals surface area contributed by atoms with Gasteiger partial charge in [0, 0.05) is 5.39 Å². The molecule has 0 amide bonds. The molecule has 2 aromatic carbocycles. The topological polar surface area (TPSA) is 39.1 Å². The number of benzene rings is 2. The Morgan fingerprint density at radius 3 is 2.33 bits per heavy atom. The molecule has 0 aliphatic carbocycles. The molecule has 122 valence electrons. The van der Waals surface area contributed by atoms with E-state index in [2.05, 4.69) is 6.58 Å². The van der Waals surface area contributed by atoms with Gasteiger partial charge < -0.3 is 0 Å². The van der Waals surface area contributed by atoms with Gasteiger partial charge in [-0.05, 0) is 43.7 Å². The minimum atomic E-state index is -3.69. The molecule has 0 unspecified atom stereocenters. The number of fused-ring (bicyclic) bond motifs is 1. The fraction of sp³-hybridized carbons (Fsp3) is 0.100. The van der Waals surface area contributed by atoms with E-state index in [-0.39, 0.29) is 4.90 Å². The van der Waals surface area contributed by atoms with Crippen molar-refractivity contribution in [3.8, 4) is 0 Å². The molecule has 3 rings (SSSR count). The van der Waals surface area contributed by atoms with E-state index in [1.165, 1.54) is 3.97 Å². The van der Waals surface area contributed by atoms with E-state index in [0.717, 1.165) is 16.5 Å². The highest BCUT2D eigenvalue weighted by atomic mass is 32.2. The Hall–Kier alpha value is -2.59. The lowest BCUT2D eigenvalue weighted by molar-refractivity contribution is 0.588. The van der Waals surface area contributed by atoms with Crippen molar-refractivity contribution >= 4 is 27.0 Å². The third-order valence-electron chi connectivity index (χ3n) is 4.08. The average Bonchev–Trinajstić information content (AvgIpc) is 2.86. The molecule has 1 aromatic heterocycles. The third kappa shape index (κ3) is 2.59. The minimum absolute atomic E-state index is 0.280. The highest BCUT2D eigenvalue weighted by Gasteiger charge is 2.24. The monoisotopic (exact) mass is 337 g/mol. The standard InChI is InChI=1S/C20H19NO2S/c1-4-5-9-19-16(3)18-8-6-7-10-20(18)21(19)24(22,23)17-13-11-15(2)12-14-17/h4-14H,1H2,2-3H3/b9-5+. The lowest BCUT2D eigenvalue weighted by atomic mass is 10.1. The third-order valence-corrected chi connectivity index (χ3v) is 5.82. The van der Waals surface area contributed by atoms with Crippen LogP contribution >= 0.6 is 0 Å². The van der Waals surface area contributed by atoms with Gasteiger partial charge in [0.2, 0.25) is 0 Å². The second-order valence-electron chi connectivity index (χ2n) is 5.70. The van der Waals surface area contributed by atoms with Gasteiger partial charge in [-0.15, -0.1) is 0 Å². The maximum Gasteiger partial charge on any atom is 0.268 e. The number of aromatic nitrogens is 1. The van der Waals surface area contributed by atoms with Crippen molar-refractivity contribution in [1.29, 1.82) is 0 Å². The van der Waals surface area contributed by atoms with Gasteiger partial charge in [-0.25, -0.2) is 12.4 Å². The van der Waals surface area contributed by atoms with Crippen LogP contribution in [-0.2, 0) is 10.0 Å².